The molecule has 0 spiro atoms. The number of benzene rings is 1. The first-order chi connectivity index (χ1) is 11.7. The van der Waals surface area contributed by atoms with Gasteiger partial charge in [-0.25, -0.2) is 8.42 Å². The summed E-state index contributed by atoms with van der Waals surface area (Å²) in [7, 11) is -1.50. The van der Waals surface area contributed by atoms with Crippen LogP contribution in [0, 0.1) is 5.92 Å². The highest BCUT2D eigenvalue weighted by atomic mass is 32.2. The van der Waals surface area contributed by atoms with Crippen LogP contribution in [0.5, 0.6) is 0 Å². The van der Waals surface area contributed by atoms with Crippen molar-refractivity contribution in [2.45, 2.75) is 43.2 Å². The lowest BCUT2D eigenvalue weighted by molar-refractivity contribution is -0.136. The molecule has 1 aromatic carbocycles. The average Bonchev–Trinajstić information content (AvgIpc) is 3.34. The van der Waals surface area contributed by atoms with E-state index in [1.54, 1.807) is 36.2 Å². The topological polar surface area (TPSA) is 74.8 Å². The summed E-state index contributed by atoms with van der Waals surface area (Å²) in [6.07, 6.45) is 3.56. The number of carbonyl (C=O) groups excluding carboxylic acids is 2. The first kappa shape index (κ1) is 17.9. The van der Waals surface area contributed by atoms with E-state index in [0.717, 1.165) is 18.4 Å². The molecule has 1 saturated carbocycles. The molecule has 6 nitrogen and oxygen atoms in total. The number of amides is 2. The van der Waals surface area contributed by atoms with Crippen LogP contribution in [-0.4, -0.2) is 55.9 Å². The van der Waals surface area contributed by atoms with Crippen molar-refractivity contribution in [3.05, 3.63) is 29.8 Å². The monoisotopic (exact) mass is 364 g/mol. The summed E-state index contributed by atoms with van der Waals surface area (Å²) in [5, 5.41) is 0. The van der Waals surface area contributed by atoms with Crippen molar-refractivity contribution in [3.8, 4) is 0 Å². The van der Waals surface area contributed by atoms with Gasteiger partial charge < -0.3 is 9.80 Å². The molecular weight excluding hydrogens is 340 g/mol. The van der Waals surface area contributed by atoms with Gasteiger partial charge in [-0.15, -0.1) is 0 Å². The van der Waals surface area contributed by atoms with Crippen LogP contribution >= 0.6 is 0 Å². The molecule has 25 heavy (non-hydrogen) atoms. The van der Waals surface area contributed by atoms with Crippen molar-refractivity contribution in [1.82, 2.24) is 9.80 Å². The van der Waals surface area contributed by atoms with Gasteiger partial charge in [0.2, 0.25) is 11.8 Å². The van der Waals surface area contributed by atoms with Crippen LogP contribution in [0.2, 0.25) is 0 Å². The molecule has 2 amide bonds. The number of rotatable bonds is 5. The van der Waals surface area contributed by atoms with Crippen molar-refractivity contribution in [3.63, 3.8) is 0 Å². The average molecular weight is 364 g/mol. The minimum atomic E-state index is -3.23. The summed E-state index contributed by atoms with van der Waals surface area (Å²) < 4.78 is 23.1. The lowest BCUT2D eigenvalue weighted by atomic mass is 10.0. The van der Waals surface area contributed by atoms with E-state index >= 15 is 0 Å². The zero-order valence-corrected chi connectivity index (χ0v) is 15.6. The summed E-state index contributed by atoms with van der Waals surface area (Å²) in [5.74, 6) is -0.230. The Kier molecular flexibility index (Phi) is 4.62. The maximum atomic E-state index is 12.8. The van der Waals surface area contributed by atoms with Gasteiger partial charge in [0, 0.05) is 32.3 Å². The van der Waals surface area contributed by atoms with E-state index in [1.807, 2.05) is 11.8 Å². The molecule has 0 aromatic heterocycles. The zero-order valence-electron chi connectivity index (χ0n) is 14.8. The Labute approximate surface area is 148 Å². The summed E-state index contributed by atoms with van der Waals surface area (Å²) in [4.78, 5) is 28.6. The summed E-state index contributed by atoms with van der Waals surface area (Å²) in [6.45, 7) is 2.43. The van der Waals surface area contributed by atoms with E-state index in [4.69, 9.17) is 0 Å². The molecule has 2 atom stereocenters. The molecule has 2 unspecified atom stereocenters. The van der Waals surface area contributed by atoms with Gasteiger partial charge in [0.15, 0.2) is 9.84 Å². The van der Waals surface area contributed by atoms with E-state index in [-0.39, 0.29) is 28.7 Å². The fraction of sp³-hybridized carbons (Fsp3) is 0.556. The van der Waals surface area contributed by atoms with Crippen LogP contribution in [0.25, 0.3) is 0 Å². The predicted octanol–water partition coefficient (Wildman–Crippen LogP) is 1.62. The molecule has 2 fully saturated rings. The van der Waals surface area contributed by atoms with Gasteiger partial charge in [-0.1, -0.05) is 12.1 Å². The number of hydrogen-bond acceptors (Lipinski definition) is 4. The highest BCUT2D eigenvalue weighted by Crippen LogP contribution is 2.34. The third-order valence-electron chi connectivity index (χ3n) is 5.21. The third kappa shape index (κ3) is 3.71. The second kappa shape index (κ2) is 6.44. The molecule has 7 heteroatoms. The quantitative estimate of drug-likeness (QED) is 0.796. The fourth-order valence-electron chi connectivity index (χ4n) is 3.33. The molecule has 1 heterocycles. The maximum Gasteiger partial charge on any atom is 0.228 e. The number of carbonyl (C=O) groups is 2. The summed E-state index contributed by atoms with van der Waals surface area (Å²) in [6, 6.07) is 6.76. The molecule has 3 rings (SSSR count). The van der Waals surface area contributed by atoms with Crippen molar-refractivity contribution in [1.29, 1.82) is 0 Å². The highest BCUT2D eigenvalue weighted by Gasteiger charge is 2.42. The molecule has 0 radical (unpaired) electrons. The minimum Gasteiger partial charge on any atom is -0.339 e. The Bertz CT molecular complexity index is 784. The first-order valence-electron chi connectivity index (χ1n) is 8.54. The van der Waals surface area contributed by atoms with E-state index < -0.39 is 9.84 Å². The van der Waals surface area contributed by atoms with Crippen molar-refractivity contribution in [2.75, 3.05) is 19.8 Å². The minimum absolute atomic E-state index is 0.0313. The van der Waals surface area contributed by atoms with E-state index in [9.17, 15) is 18.0 Å². The molecule has 0 bridgehead atoms. The number of hydrogen-bond donors (Lipinski definition) is 0. The second-order valence-electron chi connectivity index (χ2n) is 7.14. The van der Waals surface area contributed by atoms with Crippen LogP contribution < -0.4 is 0 Å². The number of sulfone groups is 1. The SMILES string of the molecule is CC(c1ccc(S(C)(=O)=O)cc1)N(C)C(=O)C1CC(=O)N(C2CC2)C1. The summed E-state index contributed by atoms with van der Waals surface area (Å²) in [5.41, 5.74) is 0.867. The molecular formula is C18H24N2O4S. The van der Waals surface area contributed by atoms with Crippen LogP contribution in [0.3, 0.4) is 0 Å². The molecule has 1 aliphatic heterocycles. The van der Waals surface area contributed by atoms with Crippen molar-refractivity contribution >= 4 is 21.7 Å². The number of likely N-dealkylation sites (tertiary alicyclic amines) is 1. The van der Waals surface area contributed by atoms with Gasteiger partial charge in [-0.05, 0) is 37.5 Å². The van der Waals surface area contributed by atoms with Crippen LogP contribution in [-0.2, 0) is 19.4 Å². The molecule has 1 saturated heterocycles. The van der Waals surface area contributed by atoms with Crippen molar-refractivity contribution < 1.29 is 18.0 Å². The molecule has 1 aliphatic carbocycles. The van der Waals surface area contributed by atoms with Crippen molar-refractivity contribution in [2.24, 2.45) is 5.92 Å². The van der Waals surface area contributed by atoms with Gasteiger partial charge in [0.1, 0.15) is 0 Å². The Hall–Kier alpha value is -1.89. The lowest BCUT2D eigenvalue weighted by Crippen LogP contribution is -2.36. The van der Waals surface area contributed by atoms with Crippen LogP contribution in [0.4, 0.5) is 0 Å². The van der Waals surface area contributed by atoms with E-state index in [1.165, 1.54) is 6.26 Å². The van der Waals surface area contributed by atoms with Gasteiger partial charge >= 0.3 is 0 Å². The number of nitrogens with zero attached hydrogens (tertiary/aromatic N) is 2. The lowest BCUT2D eigenvalue weighted by Gasteiger charge is -2.28. The Balaban J connectivity index is 1.68. The summed E-state index contributed by atoms with van der Waals surface area (Å²) >= 11 is 0. The fourth-order valence-corrected chi connectivity index (χ4v) is 3.96. The first-order valence-corrected chi connectivity index (χ1v) is 10.4. The smallest absolute Gasteiger partial charge is 0.228 e. The highest BCUT2D eigenvalue weighted by molar-refractivity contribution is 7.90. The largest absolute Gasteiger partial charge is 0.339 e. The second-order valence-corrected chi connectivity index (χ2v) is 9.16. The van der Waals surface area contributed by atoms with Gasteiger partial charge in [-0.3, -0.25) is 9.59 Å². The molecule has 136 valence electrons. The molecule has 2 aliphatic rings. The van der Waals surface area contributed by atoms with E-state index in [0.29, 0.717) is 19.0 Å². The van der Waals surface area contributed by atoms with E-state index in [2.05, 4.69) is 0 Å². The van der Waals surface area contributed by atoms with Gasteiger partial charge in [0.05, 0.1) is 16.9 Å². The van der Waals surface area contributed by atoms with Crippen LogP contribution in [0.1, 0.15) is 37.8 Å². The Morgan fingerprint density at radius 3 is 2.36 bits per heavy atom. The maximum absolute atomic E-state index is 12.8. The zero-order chi connectivity index (χ0) is 18.4. The normalized spacial score (nSPS) is 22.1. The van der Waals surface area contributed by atoms with Gasteiger partial charge in [-0.2, -0.15) is 0 Å². The van der Waals surface area contributed by atoms with Gasteiger partial charge in [0.25, 0.3) is 0 Å². The standard InChI is InChI=1S/C18H24N2O4S/c1-12(13-4-8-16(9-5-13)25(3,23)24)19(2)18(22)14-10-17(21)20(11-14)15-6-7-15/h4-5,8-9,12,14-15H,6-7,10-11H2,1-3H3. The predicted molar refractivity (Wildman–Crippen MR) is 93.6 cm³/mol. The molecule has 0 N–H and O–H groups in total. The Morgan fingerprint density at radius 1 is 1.24 bits per heavy atom. The Morgan fingerprint density at radius 2 is 1.84 bits per heavy atom. The third-order valence-corrected chi connectivity index (χ3v) is 6.34. The molecule has 1 aromatic rings. The van der Waals surface area contributed by atoms with Crippen LogP contribution in [0.15, 0.2) is 29.2 Å².